The zero-order valence-electron chi connectivity index (χ0n) is 18.9. The minimum absolute atomic E-state index is 0.0754. The Morgan fingerprint density at radius 2 is 1.76 bits per heavy atom. The molecule has 3 aromatic rings. The third-order valence-electron chi connectivity index (χ3n) is 6.85. The first-order valence-corrected chi connectivity index (χ1v) is 12.2. The second kappa shape index (κ2) is 9.69. The molecule has 2 fully saturated rings. The van der Waals surface area contributed by atoms with Gasteiger partial charge in [0.25, 0.3) is 0 Å². The molecule has 33 heavy (non-hydrogen) atoms. The second-order valence-electron chi connectivity index (χ2n) is 9.23. The highest BCUT2D eigenvalue weighted by molar-refractivity contribution is 6.30. The summed E-state index contributed by atoms with van der Waals surface area (Å²) in [6.07, 6.45) is 10.0. The van der Waals surface area contributed by atoms with Crippen LogP contribution in [0.25, 0.3) is 17.1 Å². The third-order valence-corrected chi connectivity index (χ3v) is 7.10. The van der Waals surface area contributed by atoms with Crippen molar-refractivity contribution in [2.75, 3.05) is 18.5 Å². The average molecular weight is 468 g/mol. The number of hydrogen-bond acceptors (Lipinski definition) is 5. The summed E-state index contributed by atoms with van der Waals surface area (Å²) in [4.78, 5) is 22.8. The van der Waals surface area contributed by atoms with Crippen molar-refractivity contribution in [1.29, 1.82) is 0 Å². The van der Waals surface area contributed by atoms with Crippen LogP contribution < -0.4 is 11.0 Å². The lowest BCUT2D eigenvalue weighted by Crippen LogP contribution is -2.30. The summed E-state index contributed by atoms with van der Waals surface area (Å²) >= 11 is 6.11. The Bertz CT molecular complexity index is 1140. The van der Waals surface area contributed by atoms with E-state index in [1.165, 1.54) is 12.8 Å². The first-order valence-electron chi connectivity index (χ1n) is 11.9. The minimum atomic E-state index is -0.0754. The van der Waals surface area contributed by atoms with Crippen molar-refractivity contribution in [2.45, 2.75) is 57.5 Å². The highest BCUT2D eigenvalue weighted by atomic mass is 35.5. The topological polar surface area (TPSA) is 74.0 Å². The molecular weight excluding hydrogens is 438 g/mol. The predicted molar refractivity (Wildman–Crippen MR) is 130 cm³/mol. The van der Waals surface area contributed by atoms with E-state index in [1.54, 1.807) is 22.9 Å². The van der Waals surface area contributed by atoms with Gasteiger partial charge in [0.15, 0.2) is 0 Å². The van der Waals surface area contributed by atoms with Crippen LogP contribution in [0.5, 0.6) is 0 Å². The first-order chi connectivity index (χ1) is 16.1. The van der Waals surface area contributed by atoms with Gasteiger partial charge in [0, 0.05) is 42.7 Å². The Hall–Kier alpha value is -2.64. The number of halogens is 1. The number of hydrogen-bond donors (Lipinski definition) is 1. The molecule has 7 nitrogen and oxygen atoms in total. The number of imidazole rings is 1. The number of aromatic nitrogens is 4. The van der Waals surface area contributed by atoms with Crippen LogP contribution in [-0.2, 0) is 4.74 Å². The lowest BCUT2D eigenvalue weighted by Gasteiger charge is -2.26. The molecule has 3 heterocycles. The summed E-state index contributed by atoms with van der Waals surface area (Å²) in [5.41, 5.74) is 2.15. The SMILES string of the molecule is CC1CCC(Nc2nccc(-c3cn(C4CCOCC4)c(=O)n3-c3ccc(Cl)cc3)n2)CC1. The molecule has 0 bridgehead atoms. The summed E-state index contributed by atoms with van der Waals surface area (Å²) < 4.78 is 9.07. The fourth-order valence-electron chi connectivity index (χ4n) is 4.87. The lowest BCUT2D eigenvalue weighted by molar-refractivity contribution is 0.0686. The van der Waals surface area contributed by atoms with E-state index < -0.39 is 0 Å². The van der Waals surface area contributed by atoms with Gasteiger partial charge in [0.2, 0.25) is 5.95 Å². The zero-order valence-corrected chi connectivity index (χ0v) is 19.7. The fourth-order valence-corrected chi connectivity index (χ4v) is 4.99. The maximum Gasteiger partial charge on any atom is 0.333 e. The summed E-state index contributed by atoms with van der Waals surface area (Å²) in [6, 6.07) is 9.70. The van der Waals surface area contributed by atoms with Crippen LogP contribution in [0.2, 0.25) is 5.02 Å². The maximum atomic E-state index is 13.6. The molecule has 0 unspecified atom stereocenters. The number of rotatable bonds is 5. The first kappa shape index (κ1) is 22.2. The highest BCUT2D eigenvalue weighted by Crippen LogP contribution is 2.28. The van der Waals surface area contributed by atoms with E-state index in [4.69, 9.17) is 21.3 Å². The molecule has 0 atom stereocenters. The van der Waals surface area contributed by atoms with Gasteiger partial charge in [0.05, 0.1) is 17.1 Å². The van der Waals surface area contributed by atoms with E-state index in [9.17, 15) is 4.79 Å². The quantitative estimate of drug-likeness (QED) is 0.565. The van der Waals surface area contributed by atoms with Crippen LogP contribution in [0.1, 0.15) is 51.5 Å². The fraction of sp³-hybridized carbons (Fsp3) is 0.480. The molecular formula is C25H30ClN5O2. The molecule has 1 saturated heterocycles. The van der Waals surface area contributed by atoms with Crippen LogP contribution in [0.3, 0.4) is 0 Å². The summed E-state index contributed by atoms with van der Waals surface area (Å²) in [5.74, 6) is 1.40. The van der Waals surface area contributed by atoms with Crippen LogP contribution in [0.4, 0.5) is 5.95 Å². The van der Waals surface area contributed by atoms with Crippen molar-refractivity contribution in [2.24, 2.45) is 5.92 Å². The van der Waals surface area contributed by atoms with Gasteiger partial charge in [-0.1, -0.05) is 18.5 Å². The zero-order chi connectivity index (χ0) is 22.8. The van der Waals surface area contributed by atoms with E-state index >= 15 is 0 Å². The molecule has 5 rings (SSSR count). The molecule has 8 heteroatoms. The Morgan fingerprint density at radius 1 is 1.03 bits per heavy atom. The van der Waals surface area contributed by atoms with Crippen molar-refractivity contribution in [1.82, 2.24) is 19.1 Å². The molecule has 2 aromatic heterocycles. The smallest absolute Gasteiger partial charge is 0.333 e. The Labute approximate surface area is 198 Å². The van der Waals surface area contributed by atoms with E-state index in [2.05, 4.69) is 17.2 Å². The van der Waals surface area contributed by atoms with E-state index in [0.717, 1.165) is 48.7 Å². The third kappa shape index (κ3) is 4.84. The molecule has 1 saturated carbocycles. The van der Waals surface area contributed by atoms with Crippen molar-refractivity contribution in [3.8, 4) is 17.1 Å². The second-order valence-corrected chi connectivity index (χ2v) is 9.66. The molecule has 1 N–H and O–H groups in total. The van der Waals surface area contributed by atoms with Crippen molar-refractivity contribution in [3.63, 3.8) is 0 Å². The maximum absolute atomic E-state index is 13.6. The van der Waals surface area contributed by atoms with Gasteiger partial charge in [-0.05, 0) is 74.8 Å². The molecule has 1 aliphatic carbocycles. The molecule has 2 aliphatic rings. The van der Waals surface area contributed by atoms with Crippen molar-refractivity contribution >= 4 is 17.5 Å². The van der Waals surface area contributed by atoms with Gasteiger partial charge in [-0.2, -0.15) is 0 Å². The predicted octanol–water partition coefficient (Wildman–Crippen LogP) is 5.09. The number of benzene rings is 1. The van der Waals surface area contributed by atoms with E-state index in [-0.39, 0.29) is 11.7 Å². The molecule has 1 aliphatic heterocycles. The molecule has 174 valence electrons. The van der Waals surface area contributed by atoms with Gasteiger partial charge in [-0.3, -0.25) is 9.13 Å². The summed E-state index contributed by atoms with van der Waals surface area (Å²) in [5, 5.41) is 4.14. The van der Waals surface area contributed by atoms with Gasteiger partial charge >= 0.3 is 5.69 Å². The number of nitrogens with zero attached hydrogens (tertiary/aromatic N) is 4. The lowest BCUT2D eigenvalue weighted by atomic mass is 9.87. The molecule has 0 radical (unpaired) electrons. The number of nitrogens with one attached hydrogen (secondary N) is 1. The summed E-state index contributed by atoms with van der Waals surface area (Å²) in [7, 11) is 0. The minimum Gasteiger partial charge on any atom is -0.381 e. The van der Waals surface area contributed by atoms with Crippen molar-refractivity contribution in [3.05, 3.63) is 58.2 Å². The van der Waals surface area contributed by atoms with Gasteiger partial charge in [-0.25, -0.2) is 14.8 Å². The van der Waals surface area contributed by atoms with Crippen LogP contribution in [0.15, 0.2) is 47.5 Å². The Morgan fingerprint density at radius 3 is 2.48 bits per heavy atom. The molecule has 1 aromatic carbocycles. The number of anilines is 1. The average Bonchev–Trinajstić information content (AvgIpc) is 3.19. The van der Waals surface area contributed by atoms with Gasteiger partial charge in [-0.15, -0.1) is 0 Å². The van der Waals surface area contributed by atoms with Crippen LogP contribution in [0, 0.1) is 5.92 Å². The van der Waals surface area contributed by atoms with E-state index in [1.807, 2.05) is 29.0 Å². The molecule has 0 spiro atoms. The van der Waals surface area contributed by atoms with Crippen molar-refractivity contribution < 1.29 is 4.74 Å². The Balaban J connectivity index is 1.52. The molecule has 0 amide bonds. The van der Waals surface area contributed by atoms with E-state index in [0.29, 0.717) is 30.2 Å². The highest BCUT2D eigenvalue weighted by Gasteiger charge is 2.24. The summed E-state index contributed by atoms with van der Waals surface area (Å²) in [6.45, 7) is 3.65. The van der Waals surface area contributed by atoms with Crippen LogP contribution >= 0.6 is 11.6 Å². The van der Waals surface area contributed by atoms with Gasteiger partial charge < -0.3 is 10.1 Å². The normalized spacial score (nSPS) is 21.8. The van der Waals surface area contributed by atoms with Crippen LogP contribution in [-0.4, -0.2) is 38.4 Å². The van der Waals surface area contributed by atoms with Gasteiger partial charge in [0.1, 0.15) is 0 Å². The monoisotopic (exact) mass is 467 g/mol. The number of ether oxygens (including phenoxy) is 1. The largest absolute Gasteiger partial charge is 0.381 e. The standard InChI is InChI=1S/C25H30ClN5O2/c1-17-2-6-19(7-3-17)28-24-27-13-10-22(29-24)23-16-30(20-11-14-33-15-12-20)25(32)31(23)21-8-4-18(26)5-9-21/h4-5,8-10,13,16-17,19-20H,2-3,6-7,11-12,14-15H2,1H3,(H,27,28,29). The Kier molecular flexibility index (Phi) is 6.51.